The number of carboxylic acids is 1. The zero-order valence-corrected chi connectivity index (χ0v) is 17.1. The Kier molecular flexibility index (Phi) is 5.87. The van der Waals surface area contributed by atoms with Crippen LogP contribution in [-0.2, 0) is 10.2 Å². The van der Waals surface area contributed by atoms with Crippen molar-refractivity contribution >= 4 is 40.5 Å². The summed E-state index contributed by atoms with van der Waals surface area (Å²) < 4.78 is 0. The molecule has 0 aliphatic carbocycles. The van der Waals surface area contributed by atoms with Crippen molar-refractivity contribution in [1.29, 1.82) is 0 Å². The molecule has 6 heteroatoms. The number of aromatic carboxylic acids is 1. The number of hydrogen-bond acceptors (Lipinski definition) is 3. The largest absolute Gasteiger partial charge is 0.478 e. The van der Waals surface area contributed by atoms with E-state index in [1.54, 1.807) is 29.6 Å². The molecule has 2 aromatic carbocycles. The highest BCUT2D eigenvalue weighted by Crippen LogP contribution is 2.37. The van der Waals surface area contributed by atoms with Crippen molar-refractivity contribution in [2.24, 2.45) is 0 Å². The van der Waals surface area contributed by atoms with Crippen molar-refractivity contribution in [3.8, 4) is 10.4 Å². The second-order valence-electron chi connectivity index (χ2n) is 7.14. The Morgan fingerprint density at radius 1 is 1.07 bits per heavy atom. The zero-order chi connectivity index (χ0) is 20.3. The summed E-state index contributed by atoms with van der Waals surface area (Å²) >= 11 is 7.20. The molecule has 3 aromatic rings. The quantitative estimate of drug-likeness (QED) is 0.515. The van der Waals surface area contributed by atoms with Gasteiger partial charge in [-0.2, -0.15) is 0 Å². The van der Waals surface area contributed by atoms with Gasteiger partial charge in [-0.05, 0) is 28.7 Å². The van der Waals surface area contributed by atoms with Gasteiger partial charge in [-0.1, -0.05) is 67.9 Å². The summed E-state index contributed by atoms with van der Waals surface area (Å²) in [5.74, 6) is -1.30. The van der Waals surface area contributed by atoms with Crippen LogP contribution in [-0.4, -0.2) is 17.0 Å². The number of nitrogens with one attached hydrogen (secondary N) is 1. The Bertz CT molecular complexity index is 994. The van der Waals surface area contributed by atoms with E-state index in [1.165, 1.54) is 11.3 Å². The Labute approximate surface area is 172 Å². The summed E-state index contributed by atoms with van der Waals surface area (Å²) in [4.78, 5) is 25.1. The average molecular weight is 414 g/mol. The van der Waals surface area contributed by atoms with Crippen LogP contribution in [0.1, 0.15) is 36.2 Å². The topological polar surface area (TPSA) is 66.4 Å². The van der Waals surface area contributed by atoms with E-state index in [0.717, 1.165) is 11.1 Å². The first-order valence-electron chi connectivity index (χ1n) is 8.74. The van der Waals surface area contributed by atoms with Crippen LogP contribution in [0.2, 0.25) is 5.02 Å². The molecule has 4 nitrogen and oxygen atoms in total. The first-order chi connectivity index (χ1) is 13.3. The van der Waals surface area contributed by atoms with Gasteiger partial charge in [0.05, 0.1) is 10.6 Å². The van der Waals surface area contributed by atoms with Gasteiger partial charge in [-0.3, -0.25) is 4.79 Å². The maximum Gasteiger partial charge on any atom is 0.339 e. The summed E-state index contributed by atoms with van der Waals surface area (Å²) in [7, 11) is 0. The molecule has 0 aliphatic heterocycles. The predicted octanol–water partition coefficient (Wildman–Crippen LogP) is 6.07. The summed E-state index contributed by atoms with van der Waals surface area (Å²) in [6.45, 7) is 3.99. The molecule has 1 aromatic heterocycles. The third kappa shape index (κ3) is 4.43. The standard InChI is InChI=1S/C22H20ClNO3S/c1-22(2,15-6-4-3-5-7-15)12-18(25)24-17-13-28-20(19(17)21(26)27)14-8-10-16(23)11-9-14/h3-11,13H,12H2,1-2H3,(H,24,25)(H,26,27). The lowest BCUT2D eigenvalue weighted by atomic mass is 9.81. The highest BCUT2D eigenvalue weighted by Gasteiger charge is 2.26. The summed E-state index contributed by atoms with van der Waals surface area (Å²) in [5, 5.41) is 14.7. The molecule has 0 aliphatic rings. The molecule has 0 unspecified atom stereocenters. The number of anilines is 1. The molecule has 1 heterocycles. The van der Waals surface area contributed by atoms with Crippen LogP contribution in [0.15, 0.2) is 60.0 Å². The summed E-state index contributed by atoms with van der Waals surface area (Å²) in [6, 6.07) is 16.7. The van der Waals surface area contributed by atoms with Crippen molar-refractivity contribution in [2.45, 2.75) is 25.7 Å². The fourth-order valence-electron chi connectivity index (χ4n) is 3.06. The van der Waals surface area contributed by atoms with Crippen LogP contribution in [0.5, 0.6) is 0 Å². The molecule has 144 valence electrons. The van der Waals surface area contributed by atoms with E-state index in [9.17, 15) is 14.7 Å². The van der Waals surface area contributed by atoms with E-state index >= 15 is 0 Å². The number of halogens is 1. The van der Waals surface area contributed by atoms with E-state index < -0.39 is 5.97 Å². The molecule has 0 radical (unpaired) electrons. The van der Waals surface area contributed by atoms with E-state index in [0.29, 0.717) is 15.6 Å². The number of carbonyl (C=O) groups excluding carboxylic acids is 1. The van der Waals surface area contributed by atoms with Crippen LogP contribution in [0.25, 0.3) is 10.4 Å². The molecule has 3 rings (SSSR count). The number of amides is 1. The van der Waals surface area contributed by atoms with E-state index in [1.807, 2.05) is 44.2 Å². The average Bonchev–Trinajstić information content (AvgIpc) is 3.06. The SMILES string of the molecule is CC(C)(CC(=O)Nc1csc(-c2ccc(Cl)cc2)c1C(=O)O)c1ccccc1. The molecular weight excluding hydrogens is 394 g/mol. The van der Waals surface area contributed by atoms with Gasteiger partial charge in [0.15, 0.2) is 0 Å². The number of rotatable bonds is 6. The number of thiophene rings is 1. The van der Waals surface area contributed by atoms with Crippen molar-refractivity contribution in [3.63, 3.8) is 0 Å². The third-order valence-corrected chi connectivity index (χ3v) is 5.82. The molecule has 2 N–H and O–H groups in total. The molecule has 0 fully saturated rings. The minimum Gasteiger partial charge on any atom is -0.478 e. The van der Waals surface area contributed by atoms with Crippen molar-refractivity contribution < 1.29 is 14.7 Å². The number of benzene rings is 2. The van der Waals surface area contributed by atoms with Gasteiger partial charge in [-0.15, -0.1) is 11.3 Å². The summed E-state index contributed by atoms with van der Waals surface area (Å²) in [6.07, 6.45) is 0.238. The molecule has 0 bridgehead atoms. The van der Waals surface area contributed by atoms with Gasteiger partial charge in [-0.25, -0.2) is 4.79 Å². The summed E-state index contributed by atoms with van der Waals surface area (Å²) in [5.41, 5.74) is 1.84. The fourth-order valence-corrected chi connectivity index (χ4v) is 4.19. The lowest BCUT2D eigenvalue weighted by molar-refractivity contribution is -0.117. The number of hydrogen-bond donors (Lipinski definition) is 2. The van der Waals surface area contributed by atoms with Gasteiger partial charge in [0.1, 0.15) is 5.56 Å². The van der Waals surface area contributed by atoms with Gasteiger partial charge in [0.2, 0.25) is 5.91 Å². The Morgan fingerprint density at radius 3 is 2.32 bits per heavy atom. The van der Waals surface area contributed by atoms with E-state index in [2.05, 4.69) is 5.32 Å². The minimum absolute atomic E-state index is 0.0955. The Morgan fingerprint density at radius 2 is 1.71 bits per heavy atom. The van der Waals surface area contributed by atoms with Gasteiger partial charge < -0.3 is 10.4 Å². The molecule has 28 heavy (non-hydrogen) atoms. The second kappa shape index (κ2) is 8.17. The van der Waals surface area contributed by atoms with E-state index in [-0.39, 0.29) is 23.3 Å². The first-order valence-corrected chi connectivity index (χ1v) is 10.00. The van der Waals surface area contributed by atoms with E-state index in [4.69, 9.17) is 11.6 Å². The molecule has 0 saturated heterocycles. The number of carboxylic acid groups (broad SMARTS) is 1. The number of carbonyl (C=O) groups is 2. The maximum atomic E-state index is 12.6. The fraction of sp³-hybridized carbons (Fsp3) is 0.182. The molecular formula is C22H20ClNO3S. The molecule has 0 atom stereocenters. The van der Waals surface area contributed by atoms with Gasteiger partial charge in [0, 0.05) is 16.8 Å². The molecule has 0 saturated carbocycles. The smallest absolute Gasteiger partial charge is 0.339 e. The Balaban J connectivity index is 1.83. The van der Waals surface area contributed by atoms with Crippen molar-refractivity contribution in [3.05, 3.63) is 76.1 Å². The van der Waals surface area contributed by atoms with Crippen molar-refractivity contribution in [2.75, 3.05) is 5.32 Å². The lowest BCUT2D eigenvalue weighted by Gasteiger charge is -2.24. The zero-order valence-electron chi connectivity index (χ0n) is 15.5. The van der Waals surface area contributed by atoms with Crippen LogP contribution in [0, 0.1) is 0 Å². The van der Waals surface area contributed by atoms with Crippen LogP contribution in [0.3, 0.4) is 0 Å². The van der Waals surface area contributed by atoms with Gasteiger partial charge in [0.25, 0.3) is 0 Å². The normalized spacial score (nSPS) is 11.2. The van der Waals surface area contributed by atoms with Gasteiger partial charge >= 0.3 is 5.97 Å². The third-order valence-electron chi connectivity index (χ3n) is 4.54. The molecule has 0 spiro atoms. The minimum atomic E-state index is -1.08. The van der Waals surface area contributed by atoms with Crippen LogP contribution < -0.4 is 5.32 Å². The highest BCUT2D eigenvalue weighted by molar-refractivity contribution is 7.14. The van der Waals surface area contributed by atoms with Crippen LogP contribution in [0.4, 0.5) is 5.69 Å². The molecule has 1 amide bonds. The Hall–Kier alpha value is -2.63. The van der Waals surface area contributed by atoms with Crippen LogP contribution >= 0.6 is 22.9 Å². The maximum absolute atomic E-state index is 12.6. The lowest BCUT2D eigenvalue weighted by Crippen LogP contribution is -2.26. The monoisotopic (exact) mass is 413 g/mol. The van der Waals surface area contributed by atoms with Crippen molar-refractivity contribution in [1.82, 2.24) is 0 Å². The second-order valence-corrected chi connectivity index (χ2v) is 8.46. The first kappa shape index (κ1) is 20.1. The predicted molar refractivity (Wildman–Crippen MR) is 114 cm³/mol. The highest BCUT2D eigenvalue weighted by atomic mass is 35.5.